The van der Waals surface area contributed by atoms with Crippen molar-refractivity contribution in [2.45, 2.75) is 0 Å². The summed E-state index contributed by atoms with van der Waals surface area (Å²) in [4.78, 5) is 27.0. The van der Waals surface area contributed by atoms with E-state index in [9.17, 15) is 0 Å². The zero-order valence-corrected chi connectivity index (χ0v) is 10.3. The predicted octanol–water partition coefficient (Wildman–Crippen LogP) is -6.82. The van der Waals surface area contributed by atoms with E-state index in [1.165, 1.54) is 0 Å². The molecule has 0 fully saturated rings. The Morgan fingerprint density at radius 3 is 0.750 bits per heavy atom. The molecule has 0 aromatic carbocycles. The SMILES string of the molecule is O=C([O-])CO.O=C([O-])CO.O=C([O-])CO.[Os+3]. The minimum atomic E-state index is -1.44. The van der Waals surface area contributed by atoms with Crippen molar-refractivity contribution in [3.05, 3.63) is 0 Å². The van der Waals surface area contributed by atoms with Gasteiger partial charge in [-0.25, -0.2) is 0 Å². The molecule has 0 aromatic rings. The molecule has 0 aromatic heterocycles. The number of hydrogen-bond acceptors (Lipinski definition) is 9. The summed E-state index contributed by atoms with van der Waals surface area (Å²) in [5, 5.41) is 49.5. The van der Waals surface area contributed by atoms with Crippen molar-refractivity contribution in [1.82, 2.24) is 0 Å². The third-order valence-corrected chi connectivity index (χ3v) is 0.387. The first-order chi connectivity index (χ1) is 6.81. The van der Waals surface area contributed by atoms with Crippen LogP contribution in [0.2, 0.25) is 0 Å². The number of hydrogen-bond donors (Lipinski definition) is 3. The van der Waals surface area contributed by atoms with E-state index in [0.717, 1.165) is 0 Å². The fourth-order valence-corrected chi connectivity index (χ4v) is 0. The van der Waals surface area contributed by atoms with Crippen LogP contribution < -0.4 is 15.3 Å². The monoisotopic (exact) mass is 417 g/mol. The van der Waals surface area contributed by atoms with Gasteiger partial charge in [-0.2, -0.15) is 0 Å². The Morgan fingerprint density at radius 2 is 0.750 bits per heavy atom. The maximum absolute atomic E-state index is 9.01. The van der Waals surface area contributed by atoms with Gasteiger partial charge in [-0.1, -0.05) is 0 Å². The molecule has 0 amide bonds. The number of aliphatic hydroxyl groups is 3. The van der Waals surface area contributed by atoms with E-state index in [0.29, 0.717) is 0 Å². The minimum absolute atomic E-state index is 0. The molecule has 0 aliphatic heterocycles. The Balaban J connectivity index is -0.0000000655. The number of carbonyl (C=O) groups is 3. The summed E-state index contributed by atoms with van der Waals surface area (Å²) in [6, 6.07) is 0. The van der Waals surface area contributed by atoms with Crippen molar-refractivity contribution < 1.29 is 64.8 Å². The van der Waals surface area contributed by atoms with Gasteiger partial charge in [-0.05, 0) is 0 Å². The molecule has 16 heavy (non-hydrogen) atoms. The van der Waals surface area contributed by atoms with Crippen LogP contribution in [-0.4, -0.2) is 53.0 Å². The molecule has 9 nitrogen and oxygen atoms in total. The molecule has 0 saturated carbocycles. The normalized spacial score (nSPS) is 6.94. The summed E-state index contributed by atoms with van der Waals surface area (Å²) in [7, 11) is 0. The fourth-order valence-electron chi connectivity index (χ4n) is 0. The molecule has 10 heteroatoms. The molecule has 95 valence electrons. The van der Waals surface area contributed by atoms with Gasteiger partial charge in [-0.15, -0.1) is 0 Å². The molecule has 0 unspecified atom stereocenters. The number of aliphatic hydroxyl groups excluding tert-OH is 3. The topological polar surface area (TPSA) is 181 Å². The molecule has 3 N–H and O–H groups in total. The summed E-state index contributed by atoms with van der Waals surface area (Å²) in [5.41, 5.74) is 0. The first-order valence-electron chi connectivity index (χ1n) is 3.23. The van der Waals surface area contributed by atoms with Gasteiger partial charge in [0, 0.05) is 0 Å². The van der Waals surface area contributed by atoms with Crippen molar-refractivity contribution in [1.29, 1.82) is 0 Å². The van der Waals surface area contributed by atoms with Gasteiger partial charge < -0.3 is 45.0 Å². The second-order valence-electron chi connectivity index (χ2n) is 1.59. The van der Waals surface area contributed by atoms with Gasteiger partial charge in [0.1, 0.15) is 0 Å². The molecule has 0 saturated heterocycles. The maximum atomic E-state index is 9.01. The number of aliphatic carboxylic acids is 3. The Labute approximate surface area is 103 Å². The Hall–Kier alpha value is -1.07. The van der Waals surface area contributed by atoms with Gasteiger partial charge in [0.25, 0.3) is 0 Å². The van der Waals surface area contributed by atoms with Crippen LogP contribution >= 0.6 is 0 Å². The van der Waals surface area contributed by atoms with Crippen molar-refractivity contribution >= 4 is 17.9 Å². The second-order valence-corrected chi connectivity index (χ2v) is 1.59. The zero-order chi connectivity index (χ0) is 12.9. The largest absolute Gasteiger partial charge is 3.00 e. The molecule has 0 spiro atoms. The molecule has 0 aliphatic rings. The third-order valence-electron chi connectivity index (χ3n) is 0.387. The van der Waals surface area contributed by atoms with E-state index >= 15 is 0 Å². The number of carboxylic acid groups (broad SMARTS) is 3. The van der Waals surface area contributed by atoms with Crippen LogP contribution in [0.5, 0.6) is 0 Å². The van der Waals surface area contributed by atoms with Crippen molar-refractivity contribution in [2.75, 3.05) is 19.8 Å². The van der Waals surface area contributed by atoms with Gasteiger partial charge in [0.15, 0.2) is 0 Å². The fraction of sp³-hybridized carbons (Fsp3) is 0.500. The Kier molecular flexibility index (Phi) is 29.5. The molecule has 0 aliphatic carbocycles. The first-order valence-corrected chi connectivity index (χ1v) is 3.23. The van der Waals surface area contributed by atoms with E-state index in [1.54, 1.807) is 0 Å². The van der Waals surface area contributed by atoms with Crippen LogP contribution in [0.25, 0.3) is 0 Å². The molecule has 0 rings (SSSR count). The Bertz CT molecular complexity index is 159. The van der Waals surface area contributed by atoms with Crippen LogP contribution in [0.15, 0.2) is 0 Å². The average molecular weight is 415 g/mol. The van der Waals surface area contributed by atoms with Crippen molar-refractivity contribution in [2.24, 2.45) is 0 Å². The van der Waals surface area contributed by atoms with Crippen LogP contribution in [-0.2, 0) is 34.2 Å². The summed E-state index contributed by atoms with van der Waals surface area (Å²) >= 11 is 0. The van der Waals surface area contributed by atoms with Gasteiger partial charge >= 0.3 is 19.8 Å². The van der Waals surface area contributed by atoms with E-state index < -0.39 is 37.7 Å². The molecular weight excluding hydrogens is 406 g/mol. The van der Waals surface area contributed by atoms with E-state index in [-0.39, 0.29) is 19.8 Å². The Morgan fingerprint density at radius 1 is 0.688 bits per heavy atom. The number of carboxylic acids is 3. The first kappa shape index (κ1) is 24.2. The smallest absolute Gasteiger partial charge is 0.548 e. The summed E-state index contributed by atoms with van der Waals surface area (Å²) in [6.45, 7) is -2.67. The quantitative estimate of drug-likeness (QED) is 0.403. The van der Waals surface area contributed by atoms with E-state index in [1.807, 2.05) is 0 Å². The molecule has 0 atom stereocenters. The van der Waals surface area contributed by atoms with Crippen molar-refractivity contribution in [3.63, 3.8) is 0 Å². The summed E-state index contributed by atoms with van der Waals surface area (Å²) < 4.78 is 0. The molecule has 0 heterocycles. The summed E-state index contributed by atoms with van der Waals surface area (Å²) in [5.74, 6) is -4.32. The summed E-state index contributed by atoms with van der Waals surface area (Å²) in [6.07, 6.45) is 0. The molecule has 0 bridgehead atoms. The number of carbonyl (C=O) groups excluding carboxylic acids is 3. The van der Waals surface area contributed by atoms with Gasteiger partial charge in [0.2, 0.25) is 0 Å². The van der Waals surface area contributed by atoms with Gasteiger partial charge in [-0.3, -0.25) is 0 Å². The van der Waals surface area contributed by atoms with Crippen LogP contribution in [0, 0.1) is 0 Å². The number of rotatable bonds is 3. The second kappa shape index (κ2) is 19.5. The van der Waals surface area contributed by atoms with Crippen LogP contribution in [0.4, 0.5) is 0 Å². The molecular formula is C6H9O9Os. The van der Waals surface area contributed by atoms with Crippen LogP contribution in [0.1, 0.15) is 0 Å². The van der Waals surface area contributed by atoms with Gasteiger partial charge in [0.05, 0.1) is 37.7 Å². The van der Waals surface area contributed by atoms with Crippen molar-refractivity contribution in [3.8, 4) is 0 Å². The maximum Gasteiger partial charge on any atom is 3.00 e. The van der Waals surface area contributed by atoms with Crippen LogP contribution in [0.3, 0.4) is 0 Å². The standard InChI is InChI=1S/3C2H4O3.Os/c3*3-1-2(4)5;/h3*3H,1H2,(H,4,5);/q;;;+3/p-3. The zero-order valence-electron chi connectivity index (χ0n) is 7.77. The minimum Gasteiger partial charge on any atom is -0.548 e. The predicted molar refractivity (Wildman–Crippen MR) is 36.3 cm³/mol. The third kappa shape index (κ3) is 75.8. The van der Waals surface area contributed by atoms with E-state index in [2.05, 4.69) is 0 Å². The van der Waals surface area contributed by atoms with E-state index in [4.69, 9.17) is 45.0 Å². The average Bonchev–Trinajstić information content (AvgIpc) is 2.19. The molecule has 1 radical (unpaired) electrons.